The van der Waals surface area contributed by atoms with Gasteiger partial charge in [-0.1, -0.05) is 0 Å². The minimum Gasteiger partial charge on any atom is -0.489 e. The molecule has 0 spiro atoms. The van der Waals surface area contributed by atoms with Crippen molar-refractivity contribution >= 4 is 0 Å². The molecular formula is C13H22O5. The van der Waals surface area contributed by atoms with Crippen LogP contribution in [0, 0.1) is 0 Å². The molecule has 0 amide bonds. The van der Waals surface area contributed by atoms with E-state index in [-0.39, 0.29) is 11.7 Å². The Balaban J connectivity index is 2.08. The Labute approximate surface area is 108 Å². The summed E-state index contributed by atoms with van der Waals surface area (Å²) in [6, 6.07) is 0. The third-order valence-corrected chi connectivity index (χ3v) is 2.72. The Morgan fingerprint density at radius 3 is 2.50 bits per heavy atom. The lowest BCUT2D eigenvalue weighted by Gasteiger charge is -2.25. The summed E-state index contributed by atoms with van der Waals surface area (Å²) in [7, 11) is 0. The van der Waals surface area contributed by atoms with Gasteiger partial charge in [-0.2, -0.15) is 0 Å². The highest BCUT2D eigenvalue weighted by Gasteiger charge is 2.41. The largest absolute Gasteiger partial charge is 0.489 e. The van der Waals surface area contributed by atoms with Crippen molar-refractivity contribution in [3.8, 4) is 0 Å². The monoisotopic (exact) mass is 258 g/mol. The Morgan fingerprint density at radius 2 is 2.00 bits per heavy atom. The van der Waals surface area contributed by atoms with Crippen LogP contribution in [0.25, 0.3) is 0 Å². The Kier molecular flexibility index (Phi) is 3.34. The lowest BCUT2D eigenvalue weighted by Crippen LogP contribution is -2.34. The van der Waals surface area contributed by atoms with Gasteiger partial charge in [0.15, 0.2) is 11.5 Å². The first-order valence-electron chi connectivity index (χ1n) is 6.23. The van der Waals surface area contributed by atoms with Crippen molar-refractivity contribution in [3.63, 3.8) is 0 Å². The maximum atomic E-state index is 10.2. The van der Waals surface area contributed by atoms with E-state index in [4.69, 9.17) is 18.9 Å². The Morgan fingerprint density at radius 1 is 1.33 bits per heavy atom. The van der Waals surface area contributed by atoms with Gasteiger partial charge in [0.1, 0.15) is 25.4 Å². The molecule has 2 aliphatic rings. The van der Waals surface area contributed by atoms with E-state index in [9.17, 15) is 5.11 Å². The summed E-state index contributed by atoms with van der Waals surface area (Å²) in [6.45, 7) is 10.1. The Bertz CT molecular complexity index is 353. The molecule has 0 aromatic rings. The summed E-state index contributed by atoms with van der Waals surface area (Å²) in [5.74, 6) is 0.344. The fraction of sp³-hybridized carbons (Fsp3) is 0.846. The maximum absolute atomic E-state index is 10.2. The highest BCUT2D eigenvalue weighted by atomic mass is 16.7. The summed E-state index contributed by atoms with van der Waals surface area (Å²) in [4.78, 5) is 0. The molecule has 5 heteroatoms. The van der Waals surface area contributed by atoms with E-state index in [2.05, 4.69) is 0 Å². The average molecular weight is 258 g/mol. The van der Waals surface area contributed by atoms with Crippen molar-refractivity contribution in [3.05, 3.63) is 11.5 Å². The van der Waals surface area contributed by atoms with Crippen LogP contribution >= 0.6 is 0 Å². The number of ether oxygens (including phenoxy) is 4. The van der Waals surface area contributed by atoms with Crippen LogP contribution in [0.2, 0.25) is 0 Å². The van der Waals surface area contributed by atoms with E-state index in [1.807, 2.05) is 34.6 Å². The van der Waals surface area contributed by atoms with E-state index in [0.29, 0.717) is 24.7 Å². The van der Waals surface area contributed by atoms with Gasteiger partial charge in [0.05, 0.1) is 5.60 Å². The number of hydrogen-bond acceptors (Lipinski definition) is 5. The third kappa shape index (κ3) is 2.96. The van der Waals surface area contributed by atoms with Crippen LogP contribution in [0.3, 0.4) is 0 Å². The molecular weight excluding hydrogens is 236 g/mol. The molecule has 0 aromatic heterocycles. The van der Waals surface area contributed by atoms with Gasteiger partial charge < -0.3 is 24.1 Å². The highest BCUT2D eigenvalue weighted by molar-refractivity contribution is 5.15. The Hall–Kier alpha value is -0.780. The van der Waals surface area contributed by atoms with Crippen LogP contribution in [0.4, 0.5) is 0 Å². The minimum atomic E-state index is -0.795. The van der Waals surface area contributed by atoms with E-state index in [0.717, 1.165) is 0 Å². The van der Waals surface area contributed by atoms with Gasteiger partial charge in [-0.05, 0) is 20.8 Å². The summed E-state index contributed by atoms with van der Waals surface area (Å²) in [5, 5.41) is 10.2. The molecule has 5 nitrogen and oxygen atoms in total. The molecule has 2 saturated heterocycles. The van der Waals surface area contributed by atoms with E-state index >= 15 is 0 Å². The van der Waals surface area contributed by atoms with Crippen LogP contribution in [-0.2, 0) is 18.9 Å². The van der Waals surface area contributed by atoms with Crippen molar-refractivity contribution in [1.29, 1.82) is 0 Å². The molecule has 0 bridgehead atoms. The van der Waals surface area contributed by atoms with Crippen LogP contribution < -0.4 is 0 Å². The van der Waals surface area contributed by atoms with Crippen molar-refractivity contribution in [2.45, 2.75) is 58.2 Å². The minimum absolute atomic E-state index is 0.318. The first-order chi connectivity index (χ1) is 8.18. The second kappa shape index (κ2) is 4.40. The molecule has 18 heavy (non-hydrogen) atoms. The van der Waals surface area contributed by atoms with Crippen LogP contribution in [0.5, 0.6) is 0 Å². The van der Waals surface area contributed by atoms with Gasteiger partial charge >= 0.3 is 0 Å². The van der Waals surface area contributed by atoms with E-state index in [1.165, 1.54) is 0 Å². The second-order valence-corrected chi connectivity index (χ2v) is 6.10. The summed E-state index contributed by atoms with van der Waals surface area (Å²) >= 11 is 0. The summed E-state index contributed by atoms with van der Waals surface area (Å²) in [5.41, 5.74) is -0.318. The van der Waals surface area contributed by atoms with Gasteiger partial charge in [-0.3, -0.25) is 0 Å². The van der Waals surface area contributed by atoms with Crippen molar-refractivity contribution in [2.75, 3.05) is 13.2 Å². The quantitative estimate of drug-likeness (QED) is 0.773. The van der Waals surface area contributed by atoms with Gasteiger partial charge in [0, 0.05) is 13.8 Å². The smallest absolute Gasteiger partial charge is 0.205 e. The zero-order valence-electron chi connectivity index (χ0n) is 11.6. The van der Waals surface area contributed by atoms with E-state index < -0.39 is 11.9 Å². The molecule has 104 valence electrons. The number of rotatable bonds is 1. The fourth-order valence-electron chi connectivity index (χ4n) is 2.03. The predicted molar refractivity (Wildman–Crippen MR) is 64.7 cm³/mol. The second-order valence-electron chi connectivity index (χ2n) is 6.10. The van der Waals surface area contributed by atoms with Crippen LogP contribution in [-0.4, -0.2) is 41.9 Å². The zero-order valence-corrected chi connectivity index (χ0v) is 11.6. The maximum Gasteiger partial charge on any atom is 0.205 e. The van der Waals surface area contributed by atoms with Crippen LogP contribution in [0.15, 0.2) is 11.5 Å². The molecule has 2 fully saturated rings. The lowest BCUT2D eigenvalue weighted by molar-refractivity contribution is -0.118. The topological polar surface area (TPSA) is 57.2 Å². The highest BCUT2D eigenvalue weighted by Crippen LogP contribution is 2.33. The number of hydrogen-bond donors (Lipinski definition) is 1. The number of aliphatic hydroxyl groups is 1. The normalized spacial score (nSPS) is 35.4. The molecule has 1 N–H and O–H groups in total. The third-order valence-electron chi connectivity index (χ3n) is 2.72. The molecule has 0 radical (unpaired) electrons. The first kappa shape index (κ1) is 13.6. The van der Waals surface area contributed by atoms with Crippen molar-refractivity contribution in [1.82, 2.24) is 0 Å². The molecule has 2 aliphatic heterocycles. The molecule has 2 rings (SSSR count). The predicted octanol–water partition coefficient (Wildman–Crippen LogP) is 1.56. The van der Waals surface area contributed by atoms with Gasteiger partial charge in [-0.15, -0.1) is 0 Å². The van der Waals surface area contributed by atoms with E-state index in [1.54, 1.807) is 0 Å². The lowest BCUT2D eigenvalue weighted by atomic mass is 10.1. The fourth-order valence-corrected chi connectivity index (χ4v) is 2.03. The van der Waals surface area contributed by atoms with Crippen molar-refractivity contribution in [2.24, 2.45) is 0 Å². The first-order valence-corrected chi connectivity index (χ1v) is 6.23. The molecule has 0 aliphatic carbocycles. The van der Waals surface area contributed by atoms with Gasteiger partial charge in [0.25, 0.3) is 0 Å². The van der Waals surface area contributed by atoms with Gasteiger partial charge in [0.2, 0.25) is 5.79 Å². The molecule has 2 heterocycles. The molecule has 0 saturated carbocycles. The molecule has 0 aromatic carbocycles. The molecule has 2 atom stereocenters. The molecule has 2 unspecified atom stereocenters. The SMILES string of the molecule is CC(C)(C)OC1COC(=C2COC(C)(C)O2)C1O. The summed E-state index contributed by atoms with van der Waals surface area (Å²) in [6.07, 6.45) is -1.16. The zero-order chi connectivity index (χ0) is 13.6. The van der Waals surface area contributed by atoms with Gasteiger partial charge in [-0.25, -0.2) is 0 Å². The van der Waals surface area contributed by atoms with Crippen molar-refractivity contribution < 1.29 is 24.1 Å². The van der Waals surface area contributed by atoms with Crippen LogP contribution in [0.1, 0.15) is 34.6 Å². The summed E-state index contributed by atoms with van der Waals surface area (Å²) < 4.78 is 22.3. The standard InChI is InChI=1S/C13H22O5/c1-12(2,3)17-8-6-15-11(10(8)14)9-7-16-13(4,5)18-9/h8,10,14H,6-7H2,1-5H3. The average Bonchev–Trinajstić information content (AvgIpc) is 2.70. The number of aliphatic hydroxyl groups excluding tert-OH is 1.